The normalized spacial score (nSPS) is 14.7. The summed E-state index contributed by atoms with van der Waals surface area (Å²) in [7, 11) is 0. The zero-order chi connectivity index (χ0) is 12.2. The molecule has 5 heteroatoms. The fraction of sp³-hybridized carbons (Fsp3) is 0.385. The van der Waals surface area contributed by atoms with E-state index in [0.29, 0.717) is 30.9 Å². The highest BCUT2D eigenvalue weighted by molar-refractivity contribution is 5.20. The van der Waals surface area contributed by atoms with Gasteiger partial charge in [-0.2, -0.15) is 4.98 Å². The molecule has 1 heterocycles. The van der Waals surface area contributed by atoms with E-state index in [1.807, 2.05) is 30.3 Å². The molecule has 1 aromatic carbocycles. The lowest BCUT2D eigenvalue weighted by atomic mass is 10.3. The van der Waals surface area contributed by atoms with Crippen LogP contribution in [0.5, 0.6) is 5.75 Å². The maximum absolute atomic E-state index is 5.53. The topological polar surface area (TPSA) is 60.2 Å². The van der Waals surface area contributed by atoms with Gasteiger partial charge in [0, 0.05) is 6.04 Å². The number of rotatable bonds is 6. The van der Waals surface area contributed by atoms with E-state index in [9.17, 15) is 0 Å². The molecule has 0 bridgehead atoms. The number of hydrogen-bond donors (Lipinski definition) is 1. The van der Waals surface area contributed by atoms with Crippen molar-refractivity contribution in [3.63, 3.8) is 0 Å². The van der Waals surface area contributed by atoms with Gasteiger partial charge in [-0.25, -0.2) is 0 Å². The first-order valence-corrected chi connectivity index (χ1v) is 6.13. The number of ether oxygens (including phenoxy) is 1. The molecule has 0 unspecified atom stereocenters. The van der Waals surface area contributed by atoms with E-state index in [1.54, 1.807) is 0 Å². The van der Waals surface area contributed by atoms with Crippen LogP contribution < -0.4 is 10.1 Å². The van der Waals surface area contributed by atoms with Crippen molar-refractivity contribution >= 4 is 0 Å². The van der Waals surface area contributed by atoms with Crippen LogP contribution in [0.2, 0.25) is 0 Å². The van der Waals surface area contributed by atoms with Crippen LogP contribution in [0.4, 0.5) is 0 Å². The van der Waals surface area contributed by atoms with Crippen molar-refractivity contribution in [3.05, 3.63) is 42.0 Å². The number of hydrogen-bond acceptors (Lipinski definition) is 5. The molecule has 5 nitrogen and oxygen atoms in total. The van der Waals surface area contributed by atoms with Gasteiger partial charge in [-0.1, -0.05) is 23.4 Å². The van der Waals surface area contributed by atoms with Crippen LogP contribution in [0.25, 0.3) is 0 Å². The quantitative estimate of drug-likeness (QED) is 0.842. The molecule has 0 amide bonds. The molecule has 0 saturated heterocycles. The van der Waals surface area contributed by atoms with Gasteiger partial charge in [-0.15, -0.1) is 0 Å². The van der Waals surface area contributed by atoms with Crippen LogP contribution in [0.3, 0.4) is 0 Å². The van der Waals surface area contributed by atoms with Crippen molar-refractivity contribution < 1.29 is 9.26 Å². The van der Waals surface area contributed by atoms with Crippen LogP contribution in [-0.4, -0.2) is 16.2 Å². The second kappa shape index (κ2) is 5.18. The van der Waals surface area contributed by atoms with Crippen molar-refractivity contribution in [1.82, 2.24) is 15.5 Å². The Morgan fingerprint density at radius 3 is 2.89 bits per heavy atom. The molecule has 1 aliphatic carbocycles. The Labute approximate surface area is 105 Å². The SMILES string of the molecule is c1ccc(OCc2nc(CNC3CC3)no2)cc1. The third-order valence-corrected chi connectivity index (χ3v) is 2.74. The van der Waals surface area contributed by atoms with Gasteiger partial charge >= 0.3 is 0 Å². The first-order valence-electron chi connectivity index (χ1n) is 6.13. The van der Waals surface area contributed by atoms with Crippen LogP contribution in [0, 0.1) is 0 Å². The first kappa shape index (κ1) is 11.2. The highest BCUT2D eigenvalue weighted by Gasteiger charge is 2.21. The summed E-state index contributed by atoms with van der Waals surface area (Å²) in [5.41, 5.74) is 0. The standard InChI is InChI=1S/C13H15N3O2/c1-2-4-11(5-3-1)17-9-13-15-12(16-18-13)8-14-10-6-7-10/h1-5,10,14H,6-9H2. The van der Waals surface area contributed by atoms with Gasteiger partial charge in [0.1, 0.15) is 5.75 Å². The minimum atomic E-state index is 0.306. The van der Waals surface area contributed by atoms with Gasteiger partial charge in [0.05, 0.1) is 6.54 Å². The minimum Gasteiger partial charge on any atom is -0.484 e. The first-order chi connectivity index (χ1) is 8.90. The molecule has 1 aromatic heterocycles. The van der Waals surface area contributed by atoms with Crippen molar-refractivity contribution in [2.24, 2.45) is 0 Å². The van der Waals surface area contributed by atoms with Crippen molar-refractivity contribution in [1.29, 1.82) is 0 Å². The summed E-state index contributed by atoms with van der Waals surface area (Å²) in [4.78, 5) is 4.26. The molecule has 1 N–H and O–H groups in total. The highest BCUT2D eigenvalue weighted by Crippen LogP contribution is 2.19. The molecule has 1 aliphatic rings. The number of aromatic nitrogens is 2. The van der Waals surface area contributed by atoms with Gasteiger partial charge in [0.15, 0.2) is 12.4 Å². The van der Waals surface area contributed by atoms with Crippen molar-refractivity contribution in [2.75, 3.05) is 0 Å². The van der Waals surface area contributed by atoms with E-state index in [4.69, 9.17) is 9.26 Å². The van der Waals surface area contributed by atoms with E-state index in [1.165, 1.54) is 12.8 Å². The predicted molar refractivity (Wildman–Crippen MR) is 64.9 cm³/mol. The number of para-hydroxylation sites is 1. The molecule has 0 spiro atoms. The van der Waals surface area contributed by atoms with Crippen molar-refractivity contribution in [3.8, 4) is 5.75 Å². The largest absolute Gasteiger partial charge is 0.484 e. The van der Waals surface area contributed by atoms with Crippen molar-refractivity contribution in [2.45, 2.75) is 32.0 Å². The average molecular weight is 245 g/mol. The van der Waals surface area contributed by atoms with E-state index in [0.717, 1.165) is 5.75 Å². The molecule has 0 radical (unpaired) electrons. The van der Waals surface area contributed by atoms with Gasteiger partial charge in [-0.05, 0) is 25.0 Å². The Bertz CT molecular complexity index is 494. The number of benzene rings is 1. The van der Waals surface area contributed by atoms with Crippen LogP contribution in [0.1, 0.15) is 24.6 Å². The van der Waals surface area contributed by atoms with Gasteiger partial charge in [0.25, 0.3) is 5.89 Å². The lowest BCUT2D eigenvalue weighted by Crippen LogP contribution is -2.16. The van der Waals surface area contributed by atoms with Crippen LogP contribution >= 0.6 is 0 Å². The zero-order valence-electron chi connectivity index (χ0n) is 10.0. The van der Waals surface area contributed by atoms with Crippen LogP contribution in [0.15, 0.2) is 34.9 Å². The summed E-state index contributed by atoms with van der Waals surface area (Å²) in [6.07, 6.45) is 2.50. The van der Waals surface area contributed by atoms with E-state index in [-0.39, 0.29) is 0 Å². The Kier molecular flexibility index (Phi) is 3.23. The maximum Gasteiger partial charge on any atom is 0.264 e. The summed E-state index contributed by atoms with van der Waals surface area (Å²) in [5.74, 6) is 1.99. The molecule has 18 heavy (non-hydrogen) atoms. The summed E-state index contributed by atoms with van der Waals surface area (Å²) in [6.45, 7) is 0.972. The zero-order valence-corrected chi connectivity index (χ0v) is 10.0. The van der Waals surface area contributed by atoms with Crippen LogP contribution in [-0.2, 0) is 13.2 Å². The van der Waals surface area contributed by atoms with Gasteiger partial charge in [-0.3, -0.25) is 0 Å². The summed E-state index contributed by atoms with van der Waals surface area (Å²) < 4.78 is 10.6. The molecule has 0 aliphatic heterocycles. The maximum atomic E-state index is 5.53. The molecule has 3 rings (SSSR count). The lowest BCUT2D eigenvalue weighted by molar-refractivity contribution is 0.242. The number of nitrogens with one attached hydrogen (secondary N) is 1. The molecule has 1 saturated carbocycles. The number of nitrogens with zero attached hydrogens (tertiary/aromatic N) is 2. The fourth-order valence-electron chi connectivity index (χ4n) is 1.61. The second-order valence-electron chi connectivity index (χ2n) is 4.36. The van der Waals surface area contributed by atoms with Gasteiger partial charge < -0.3 is 14.6 Å². The van der Waals surface area contributed by atoms with E-state index >= 15 is 0 Å². The van der Waals surface area contributed by atoms with E-state index < -0.39 is 0 Å². The molecule has 2 aromatic rings. The van der Waals surface area contributed by atoms with Gasteiger partial charge in [0.2, 0.25) is 0 Å². The monoisotopic (exact) mass is 245 g/mol. The Morgan fingerprint density at radius 2 is 2.11 bits per heavy atom. The predicted octanol–water partition coefficient (Wildman–Crippen LogP) is 1.90. The Hall–Kier alpha value is -1.88. The lowest BCUT2D eigenvalue weighted by Gasteiger charge is -2.01. The Balaban J connectivity index is 1.50. The average Bonchev–Trinajstić information content (AvgIpc) is 3.14. The second-order valence-corrected chi connectivity index (χ2v) is 4.36. The van der Waals surface area contributed by atoms with E-state index in [2.05, 4.69) is 15.5 Å². The molecular weight excluding hydrogens is 230 g/mol. The molecule has 94 valence electrons. The summed E-state index contributed by atoms with van der Waals surface area (Å²) in [5, 5.41) is 7.23. The molecule has 0 atom stereocenters. The summed E-state index contributed by atoms with van der Waals surface area (Å²) >= 11 is 0. The summed E-state index contributed by atoms with van der Waals surface area (Å²) in [6, 6.07) is 10.2. The Morgan fingerprint density at radius 1 is 1.28 bits per heavy atom. The molecular formula is C13H15N3O2. The minimum absolute atomic E-state index is 0.306. The third kappa shape index (κ3) is 3.07. The smallest absolute Gasteiger partial charge is 0.264 e. The fourth-order valence-corrected chi connectivity index (χ4v) is 1.61. The highest BCUT2D eigenvalue weighted by atomic mass is 16.5. The molecule has 1 fully saturated rings. The third-order valence-electron chi connectivity index (χ3n) is 2.74.